The van der Waals surface area contributed by atoms with E-state index >= 15 is 0 Å². The highest BCUT2D eigenvalue weighted by Crippen LogP contribution is 2.22. The number of carbonyl (C=O) groups is 2. The van der Waals surface area contributed by atoms with Crippen molar-refractivity contribution in [1.82, 2.24) is 15.5 Å². The minimum Gasteiger partial charge on any atom is -0.395 e. The molecule has 1 heterocycles. The molecule has 1 aliphatic rings. The number of nitrogens with zero attached hydrogens (tertiary/aromatic N) is 1. The number of hydrogen-bond donors (Lipinski definition) is 3. The van der Waals surface area contributed by atoms with Crippen LogP contribution >= 0.6 is 0 Å². The first kappa shape index (κ1) is 14.7. The van der Waals surface area contributed by atoms with Crippen LogP contribution in [0.2, 0.25) is 0 Å². The van der Waals surface area contributed by atoms with E-state index in [1.54, 1.807) is 0 Å². The summed E-state index contributed by atoms with van der Waals surface area (Å²) in [4.78, 5) is 24.8. The monoisotopic (exact) mass is 255 g/mol. The zero-order valence-corrected chi connectivity index (χ0v) is 10.7. The van der Waals surface area contributed by atoms with Gasteiger partial charge in [-0.25, -0.2) is 4.79 Å². The molecule has 0 radical (unpaired) electrons. The Kier molecular flexibility index (Phi) is 5.80. The Morgan fingerprint density at radius 2 is 2.28 bits per heavy atom. The Hall–Kier alpha value is -1.40. The van der Waals surface area contributed by atoms with Crippen LogP contribution in [-0.2, 0) is 4.79 Å². The van der Waals surface area contributed by atoms with Crippen molar-refractivity contribution in [3.63, 3.8) is 0 Å². The second-order valence-electron chi connectivity index (χ2n) is 4.53. The van der Waals surface area contributed by atoms with E-state index in [1.807, 2.05) is 4.90 Å². The summed E-state index contributed by atoms with van der Waals surface area (Å²) in [6.45, 7) is 6.78. The van der Waals surface area contributed by atoms with Crippen molar-refractivity contribution >= 4 is 11.9 Å². The van der Waals surface area contributed by atoms with E-state index in [0.29, 0.717) is 12.5 Å². The number of imide groups is 1. The number of rotatable bonds is 5. The lowest BCUT2D eigenvalue weighted by atomic mass is 10.0. The van der Waals surface area contributed by atoms with Gasteiger partial charge in [0.15, 0.2) is 0 Å². The van der Waals surface area contributed by atoms with Gasteiger partial charge in [0, 0.05) is 12.6 Å². The summed E-state index contributed by atoms with van der Waals surface area (Å²) in [6, 6.07) is -0.514. The van der Waals surface area contributed by atoms with Gasteiger partial charge in [-0.2, -0.15) is 0 Å². The molecule has 0 aromatic carbocycles. The van der Waals surface area contributed by atoms with Crippen LogP contribution in [0.3, 0.4) is 0 Å². The third-order valence-corrected chi connectivity index (χ3v) is 3.19. The second-order valence-corrected chi connectivity index (χ2v) is 4.53. The molecule has 3 N–H and O–H groups in total. The molecule has 0 spiro atoms. The summed E-state index contributed by atoms with van der Waals surface area (Å²) >= 11 is 0. The lowest BCUT2D eigenvalue weighted by Crippen LogP contribution is -2.46. The number of amides is 3. The lowest BCUT2D eigenvalue weighted by Gasteiger charge is -2.24. The molecule has 1 saturated heterocycles. The average Bonchev–Trinajstić information content (AvgIpc) is 2.67. The third-order valence-electron chi connectivity index (χ3n) is 3.19. The Balaban J connectivity index is 2.36. The van der Waals surface area contributed by atoms with E-state index in [-0.39, 0.29) is 25.1 Å². The van der Waals surface area contributed by atoms with E-state index in [0.717, 1.165) is 13.0 Å². The van der Waals surface area contributed by atoms with Crippen molar-refractivity contribution in [3.05, 3.63) is 12.7 Å². The molecule has 1 fully saturated rings. The molecule has 102 valence electrons. The molecule has 1 aliphatic heterocycles. The first-order chi connectivity index (χ1) is 8.58. The van der Waals surface area contributed by atoms with Crippen LogP contribution in [-0.4, -0.2) is 54.2 Å². The zero-order chi connectivity index (χ0) is 13.5. The first-order valence-corrected chi connectivity index (χ1v) is 6.12. The number of nitrogens with one attached hydrogen (secondary N) is 2. The smallest absolute Gasteiger partial charge is 0.321 e. The van der Waals surface area contributed by atoms with E-state index in [1.165, 1.54) is 6.08 Å². The highest BCUT2D eigenvalue weighted by Gasteiger charge is 2.31. The normalized spacial score (nSPS) is 23.7. The SMILES string of the molecule is C=CCNC(=O)NC(=O)CN1CCC(C)C1CO. The van der Waals surface area contributed by atoms with Gasteiger partial charge in [0.2, 0.25) is 5.91 Å². The summed E-state index contributed by atoms with van der Waals surface area (Å²) in [5.74, 6) is 0.0153. The van der Waals surface area contributed by atoms with Crippen LogP contribution in [0, 0.1) is 5.92 Å². The second kappa shape index (κ2) is 7.13. The van der Waals surface area contributed by atoms with Gasteiger partial charge in [-0.05, 0) is 18.9 Å². The Bertz CT molecular complexity index is 320. The summed E-state index contributed by atoms with van der Waals surface area (Å²) in [6.07, 6.45) is 2.50. The van der Waals surface area contributed by atoms with Crippen LogP contribution in [0.25, 0.3) is 0 Å². The average molecular weight is 255 g/mol. The van der Waals surface area contributed by atoms with Crippen LogP contribution in [0.15, 0.2) is 12.7 Å². The number of aliphatic hydroxyl groups excluding tert-OH is 1. The van der Waals surface area contributed by atoms with Gasteiger partial charge >= 0.3 is 6.03 Å². The fraction of sp³-hybridized carbons (Fsp3) is 0.667. The molecule has 3 amide bonds. The largest absolute Gasteiger partial charge is 0.395 e. The van der Waals surface area contributed by atoms with Gasteiger partial charge in [0.05, 0.1) is 13.2 Å². The number of likely N-dealkylation sites (tertiary alicyclic amines) is 1. The predicted octanol–water partition coefficient (Wildman–Crippen LogP) is -0.299. The molecule has 0 aromatic heterocycles. The fourth-order valence-corrected chi connectivity index (χ4v) is 2.14. The zero-order valence-electron chi connectivity index (χ0n) is 10.7. The molecular formula is C12H21N3O3. The van der Waals surface area contributed by atoms with Crippen molar-refractivity contribution < 1.29 is 14.7 Å². The molecule has 0 saturated carbocycles. The number of aliphatic hydroxyl groups is 1. The van der Waals surface area contributed by atoms with Crippen molar-refractivity contribution in [3.8, 4) is 0 Å². The van der Waals surface area contributed by atoms with Crippen LogP contribution < -0.4 is 10.6 Å². The maximum absolute atomic E-state index is 11.6. The summed E-state index contributed by atoms with van der Waals surface area (Å²) in [5, 5.41) is 14.0. The summed E-state index contributed by atoms with van der Waals surface area (Å²) in [5.41, 5.74) is 0. The van der Waals surface area contributed by atoms with E-state index in [4.69, 9.17) is 0 Å². The summed E-state index contributed by atoms with van der Waals surface area (Å²) < 4.78 is 0. The molecule has 2 atom stereocenters. The van der Waals surface area contributed by atoms with E-state index < -0.39 is 6.03 Å². The van der Waals surface area contributed by atoms with E-state index in [9.17, 15) is 14.7 Å². The Morgan fingerprint density at radius 3 is 2.89 bits per heavy atom. The quantitative estimate of drug-likeness (QED) is 0.589. The minimum absolute atomic E-state index is 0.00647. The molecule has 6 nitrogen and oxygen atoms in total. The summed E-state index contributed by atoms with van der Waals surface area (Å²) in [7, 11) is 0. The van der Waals surface area contributed by atoms with Crippen molar-refractivity contribution in [1.29, 1.82) is 0 Å². The minimum atomic E-state index is -0.521. The Morgan fingerprint density at radius 1 is 1.56 bits per heavy atom. The van der Waals surface area contributed by atoms with Gasteiger partial charge in [-0.3, -0.25) is 15.0 Å². The van der Waals surface area contributed by atoms with Crippen molar-refractivity contribution in [2.75, 3.05) is 26.2 Å². The van der Waals surface area contributed by atoms with Gasteiger partial charge in [0.1, 0.15) is 0 Å². The molecule has 6 heteroatoms. The van der Waals surface area contributed by atoms with Gasteiger partial charge in [-0.1, -0.05) is 13.0 Å². The fourth-order valence-electron chi connectivity index (χ4n) is 2.14. The third kappa shape index (κ3) is 4.12. The standard InChI is InChI=1S/C12H21N3O3/c1-3-5-13-12(18)14-11(17)7-15-6-4-9(2)10(15)8-16/h3,9-10,16H,1,4-8H2,2H3,(H2,13,14,17,18). The van der Waals surface area contributed by atoms with Crippen LogP contribution in [0.4, 0.5) is 4.79 Å². The maximum Gasteiger partial charge on any atom is 0.321 e. The highest BCUT2D eigenvalue weighted by atomic mass is 16.3. The number of carbonyl (C=O) groups excluding carboxylic acids is 2. The molecule has 0 aromatic rings. The maximum atomic E-state index is 11.6. The van der Waals surface area contributed by atoms with Gasteiger partial charge in [-0.15, -0.1) is 6.58 Å². The van der Waals surface area contributed by atoms with Gasteiger partial charge in [0.25, 0.3) is 0 Å². The first-order valence-electron chi connectivity index (χ1n) is 6.12. The Labute approximate surface area is 107 Å². The molecule has 1 rings (SSSR count). The molecule has 0 aliphatic carbocycles. The number of urea groups is 1. The molecule has 2 unspecified atom stereocenters. The van der Waals surface area contributed by atoms with Crippen molar-refractivity contribution in [2.24, 2.45) is 5.92 Å². The highest BCUT2D eigenvalue weighted by molar-refractivity contribution is 5.95. The van der Waals surface area contributed by atoms with Crippen LogP contribution in [0.1, 0.15) is 13.3 Å². The molecule has 18 heavy (non-hydrogen) atoms. The number of hydrogen-bond acceptors (Lipinski definition) is 4. The van der Waals surface area contributed by atoms with Crippen LogP contribution in [0.5, 0.6) is 0 Å². The lowest BCUT2D eigenvalue weighted by molar-refractivity contribution is -0.121. The van der Waals surface area contributed by atoms with Gasteiger partial charge < -0.3 is 10.4 Å². The van der Waals surface area contributed by atoms with E-state index in [2.05, 4.69) is 24.1 Å². The molecule has 0 bridgehead atoms. The molecular weight excluding hydrogens is 234 g/mol. The predicted molar refractivity (Wildman–Crippen MR) is 68.0 cm³/mol. The van der Waals surface area contributed by atoms with Crippen molar-refractivity contribution in [2.45, 2.75) is 19.4 Å². The topological polar surface area (TPSA) is 81.7 Å².